The normalized spacial score (nSPS) is 10.8. The first kappa shape index (κ1) is 16.2. The zero-order valence-electron chi connectivity index (χ0n) is 13.1. The van der Waals surface area contributed by atoms with E-state index in [1.54, 1.807) is 6.07 Å². The summed E-state index contributed by atoms with van der Waals surface area (Å²) in [6.45, 7) is 0. The molecule has 0 fully saturated rings. The third-order valence-corrected chi connectivity index (χ3v) is 4.08. The lowest BCUT2D eigenvalue weighted by molar-refractivity contribution is 0.431. The van der Waals surface area contributed by atoms with Crippen molar-refractivity contribution in [2.75, 3.05) is 0 Å². The summed E-state index contributed by atoms with van der Waals surface area (Å²) >= 11 is 5.93. The number of rotatable bonds is 3. The first-order valence-corrected chi connectivity index (χ1v) is 7.94. The van der Waals surface area contributed by atoms with E-state index in [9.17, 15) is 9.18 Å². The van der Waals surface area contributed by atoms with Crippen molar-refractivity contribution in [1.82, 2.24) is 20.1 Å². The van der Waals surface area contributed by atoms with Crippen molar-refractivity contribution in [3.8, 4) is 34.2 Å². The molecule has 0 unspecified atom stereocenters. The highest BCUT2D eigenvalue weighted by Gasteiger charge is 2.17. The number of hydrogen-bond acceptors (Lipinski definition) is 5. The monoisotopic (exact) mass is 368 g/mol. The van der Waals surface area contributed by atoms with E-state index in [0.29, 0.717) is 5.82 Å². The first-order chi connectivity index (χ1) is 12.6. The van der Waals surface area contributed by atoms with E-state index in [2.05, 4.69) is 20.1 Å². The minimum atomic E-state index is -0.595. The lowest BCUT2D eigenvalue weighted by Crippen LogP contribution is -2.11. The van der Waals surface area contributed by atoms with E-state index < -0.39 is 11.4 Å². The van der Waals surface area contributed by atoms with Crippen LogP contribution in [-0.2, 0) is 0 Å². The molecule has 4 aromatic rings. The molecule has 2 aromatic carbocycles. The fourth-order valence-corrected chi connectivity index (χ4v) is 2.62. The van der Waals surface area contributed by atoms with Crippen molar-refractivity contribution < 1.29 is 8.91 Å². The number of H-pyrrole nitrogens is 1. The van der Waals surface area contributed by atoms with Gasteiger partial charge >= 0.3 is 0 Å². The van der Waals surface area contributed by atoms with E-state index in [-0.39, 0.29) is 27.9 Å². The van der Waals surface area contributed by atoms with Crippen LogP contribution in [0, 0.1) is 5.82 Å². The Bertz CT molecular complexity index is 1140. The van der Waals surface area contributed by atoms with Gasteiger partial charge in [0.25, 0.3) is 11.4 Å². The minimum Gasteiger partial charge on any atom is -0.333 e. The molecule has 2 heterocycles. The van der Waals surface area contributed by atoms with Crippen LogP contribution in [0.25, 0.3) is 34.2 Å². The Morgan fingerprint density at radius 1 is 1.04 bits per heavy atom. The molecular weight excluding hydrogens is 359 g/mol. The lowest BCUT2D eigenvalue weighted by atomic mass is 10.2. The van der Waals surface area contributed by atoms with Gasteiger partial charge in [0.1, 0.15) is 17.2 Å². The largest absolute Gasteiger partial charge is 0.333 e. The molecule has 8 heteroatoms. The second kappa shape index (κ2) is 6.53. The molecule has 0 aliphatic heterocycles. The van der Waals surface area contributed by atoms with Gasteiger partial charge in [-0.2, -0.15) is 4.98 Å². The standard InChI is InChI=1S/C18H10ClFN4O2/c19-14-11(7-4-8-13(14)20)16-23-18(26-24-16)12-9-21-15(22-17(12)25)10-5-2-1-3-6-10/h1-9H,(H,21,22,25). The van der Waals surface area contributed by atoms with Crippen LogP contribution in [0.1, 0.15) is 0 Å². The Balaban J connectivity index is 1.72. The summed E-state index contributed by atoms with van der Waals surface area (Å²) in [4.78, 5) is 23.4. The number of nitrogens with one attached hydrogen (secondary N) is 1. The van der Waals surface area contributed by atoms with Crippen molar-refractivity contribution in [3.05, 3.63) is 75.9 Å². The highest BCUT2D eigenvalue weighted by Crippen LogP contribution is 2.29. The average Bonchev–Trinajstić information content (AvgIpc) is 3.14. The average molecular weight is 369 g/mol. The van der Waals surface area contributed by atoms with Gasteiger partial charge in [0.15, 0.2) is 0 Å². The molecule has 4 rings (SSSR count). The highest BCUT2D eigenvalue weighted by molar-refractivity contribution is 6.33. The molecule has 0 radical (unpaired) electrons. The summed E-state index contributed by atoms with van der Waals surface area (Å²) in [5.74, 6) is -0.126. The molecule has 2 aromatic heterocycles. The van der Waals surface area contributed by atoms with Crippen LogP contribution in [-0.4, -0.2) is 20.1 Å². The number of aromatic nitrogens is 4. The predicted octanol–water partition coefficient (Wildman–Crippen LogP) is 3.95. The molecule has 128 valence electrons. The third-order valence-electron chi connectivity index (χ3n) is 3.70. The summed E-state index contributed by atoms with van der Waals surface area (Å²) in [5, 5.41) is 3.65. The molecule has 0 saturated heterocycles. The Kier molecular flexibility index (Phi) is 4.06. The smallest absolute Gasteiger partial charge is 0.265 e. The van der Waals surface area contributed by atoms with Crippen LogP contribution in [0.3, 0.4) is 0 Å². The zero-order chi connectivity index (χ0) is 18.1. The number of aromatic amines is 1. The summed E-state index contributed by atoms with van der Waals surface area (Å²) in [7, 11) is 0. The Labute approximate surface area is 151 Å². The lowest BCUT2D eigenvalue weighted by Gasteiger charge is -2.00. The number of benzene rings is 2. The fourth-order valence-electron chi connectivity index (χ4n) is 2.41. The van der Waals surface area contributed by atoms with Gasteiger partial charge in [-0.3, -0.25) is 4.79 Å². The maximum absolute atomic E-state index is 13.6. The Morgan fingerprint density at radius 2 is 1.85 bits per heavy atom. The zero-order valence-corrected chi connectivity index (χ0v) is 13.9. The highest BCUT2D eigenvalue weighted by atomic mass is 35.5. The van der Waals surface area contributed by atoms with Crippen LogP contribution in [0.5, 0.6) is 0 Å². The molecule has 0 bridgehead atoms. The van der Waals surface area contributed by atoms with Gasteiger partial charge in [-0.25, -0.2) is 9.37 Å². The molecule has 0 atom stereocenters. The summed E-state index contributed by atoms with van der Waals surface area (Å²) in [5.41, 5.74) is 0.719. The van der Waals surface area contributed by atoms with Gasteiger partial charge in [-0.05, 0) is 12.1 Å². The SMILES string of the molecule is O=c1[nH]c(-c2ccccc2)ncc1-c1nc(-c2cccc(F)c2Cl)no1. The second-order valence-electron chi connectivity index (χ2n) is 5.37. The van der Waals surface area contributed by atoms with Gasteiger partial charge in [-0.1, -0.05) is 53.2 Å². The van der Waals surface area contributed by atoms with E-state index in [0.717, 1.165) is 5.56 Å². The van der Waals surface area contributed by atoms with Gasteiger partial charge < -0.3 is 9.51 Å². The maximum atomic E-state index is 13.6. The van der Waals surface area contributed by atoms with E-state index in [1.807, 2.05) is 30.3 Å². The Hall–Kier alpha value is -3.32. The predicted molar refractivity (Wildman–Crippen MR) is 94.0 cm³/mol. The molecule has 0 aliphatic rings. The van der Waals surface area contributed by atoms with E-state index in [1.165, 1.54) is 18.3 Å². The van der Waals surface area contributed by atoms with Crippen LogP contribution in [0.15, 0.2) is 64.0 Å². The van der Waals surface area contributed by atoms with Gasteiger partial charge in [0.05, 0.1) is 5.02 Å². The molecule has 1 N–H and O–H groups in total. The maximum Gasteiger partial charge on any atom is 0.265 e. The second-order valence-corrected chi connectivity index (χ2v) is 5.74. The summed E-state index contributed by atoms with van der Waals surface area (Å²) < 4.78 is 18.7. The molecule has 6 nitrogen and oxygen atoms in total. The number of halogens is 2. The van der Waals surface area contributed by atoms with Crippen molar-refractivity contribution >= 4 is 11.6 Å². The molecule has 26 heavy (non-hydrogen) atoms. The summed E-state index contributed by atoms with van der Waals surface area (Å²) in [6.07, 6.45) is 1.35. The Morgan fingerprint density at radius 3 is 2.62 bits per heavy atom. The van der Waals surface area contributed by atoms with Crippen molar-refractivity contribution in [1.29, 1.82) is 0 Å². The van der Waals surface area contributed by atoms with Crippen molar-refractivity contribution in [2.45, 2.75) is 0 Å². The molecule has 0 spiro atoms. The van der Waals surface area contributed by atoms with Gasteiger partial charge in [0.2, 0.25) is 5.82 Å². The van der Waals surface area contributed by atoms with Crippen LogP contribution < -0.4 is 5.56 Å². The van der Waals surface area contributed by atoms with Crippen molar-refractivity contribution in [3.63, 3.8) is 0 Å². The molecule has 0 saturated carbocycles. The molecule has 0 aliphatic carbocycles. The van der Waals surface area contributed by atoms with Gasteiger partial charge in [-0.15, -0.1) is 0 Å². The fraction of sp³-hybridized carbons (Fsp3) is 0. The first-order valence-electron chi connectivity index (χ1n) is 7.56. The van der Waals surface area contributed by atoms with E-state index in [4.69, 9.17) is 16.1 Å². The quantitative estimate of drug-likeness (QED) is 0.592. The van der Waals surface area contributed by atoms with Crippen molar-refractivity contribution in [2.24, 2.45) is 0 Å². The number of hydrogen-bond donors (Lipinski definition) is 1. The van der Waals surface area contributed by atoms with Crippen LogP contribution in [0.4, 0.5) is 4.39 Å². The van der Waals surface area contributed by atoms with Gasteiger partial charge in [0, 0.05) is 17.3 Å². The van der Waals surface area contributed by atoms with Crippen LogP contribution >= 0.6 is 11.6 Å². The topological polar surface area (TPSA) is 84.7 Å². The summed E-state index contributed by atoms with van der Waals surface area (Å²) in [6, 6.07) is 13.5. The van der Waals surface area contributed by atoms with E-state index >= 15 is 0 Å². The number of nitrogens with zero attached hydrogens (tertiary/aromatic N) is 3. The minimum absolute atomic E-state index is 0.0336. The van der Waals surface area contributed by atoms with Crippen LogP contribution in [0.2, 0.25) is 5.02 Å². The molecular formula is C18H10ClFN4O2. The third kappa shape index (κ3) is 2.89. The molecule has 0 amide bonds.